The molecule has 106 valence electrons. The molecule has 1 heterocycles. The standard InChI is InChI=1S/C17H23N3/c1-13-11-19(2)7-8-20(13)12-16-9-14-5-3-4-6-15(14)10-17(16)18/h3-6,9-10,13H,7-8,11-12,18H2,1-2H3. The number of nitrogen functional groups attached to an aromatic ring is 1. The van der Waals surface area contributed by atoms with Gasteiger partial charge in [-0.05, 0) is 42.4 Å². The predicted octanol–water partition coefficient (Wildman–Crippen LogP) is 2.56. The quantitative estimate of drug-likeness (QED) is 0.851. The zero-order chi connectivity index (χ0) is 14.1. The van der Waals surface area contributed by atoms with Crippen molar-refractivity contribution in [3.8, 4) is 0 Å². The van der Waals surface area contributed by atoms with Crippen molar-refractivity contribution in [2.45, 2.75) is 19.5 Å². The Labute approximate surface area is 121 Å². The van der Waals surface area contributed by atoms with Crippen molar-refractivity contribution in [2.75, 3.05) is 32.4 Å². The van der Waals surface area contributed by atoms with Gasteiger partial charge in [0.05, 0.1) is 0 Å². The molecule has 0 aromatic heterocycles. The second-order valence-electron chi connectivity index (χ2n) is 5.98. The first-order valence-electron chi connectivity index (χ1n) is 7.33. The van der Waals surface area contributed by atoms with E-state index in [1.165, 1.54) is 16.3 Å². The summed E-state index contributed by atoms with van der Waals surface area (Å²) < 4.78 is 0. The molecular weight excluding hydrogens is 246 g/mol. The van der Waals surface area contributed by atoms with Crippen molar-refractivity contribution >= 4 is 16.5 Å². The third kappa shape index (κ3) is 2.65. The number of hydrogen-bond acceptors (Lipinski definition) is 3. The van der Waals surface area contributed by atoms with E-state index in [4.69, 9.17) is 5.73 Å². The summed E-state index contributed by atoms with van der Waals surface area (Å²) in [5, 5.41) is 2.50. The molecule has 1 atom stereocenters. The highest BCUT2D eigenvalue weighted by Gasteiger charge is 2.21. The van der Waals surface area contributed by atoms with E-state index in [0.717, 1.165) is 31.9 Å². The van der Waals surface area contributed by atoms with Crippen LogP contribution in [0.1, 0.15) is 12.5 Å². The molecule has 3 rings (SSSR count). The minimum absolute atomic E-state index is 0.583. The van der Waals surface area contributed by atoms with E-state index < -0.39 is 0 Å². The summed E-state index contributed by atoms with van der Waals surface area (Å²) in [6, 6.07) is 13.4. The number of hydrogen-bond donors (Lipinski definition) is 1. The van der Waals surface area contributed by atoms with E-state index in [9.17, 15) is 0 Å². The van der Waals surface area contributed by atoms with Gasteiger partial charge in [0.1, 0.15) is 0 Å². The Kier molecular flexibility index (Phi) is 3.64. The van der Waals surface area contributed by atoms with E-state index in [0.29, 0.717) is 6.04 Å². The summed E-state index contributed by atoms with van der Waals surface area (Å²) in [5.74, 6) is 0. The van der Waals surface area contributed by atoms with Crippen molar-refractivity contribution in [1.29, 1.82) is 0 Å². The molecule has 0 spiro atoms. The summed E-state index contributed by atoms with van der Waals surface area (Å²) in [7, 11) is 2.19. The molecule has 20 heavy (non-hydrogen) atoms. The maximum atomic E-state index is 6.24. The van der Waals surface area contributed by atoms with Gasteiger partial charge in [-0.3, -0.25) is 4.90 Å². The van der Waals surface area contributed by atoms with Gasteiger partial charge in [0.15, 0.2) is 0 Å². The van der Waals surface area contributed by atoms with Crippen LogP contribution in [0.25, 0.3) is 10.8 Å². The maximum Gasteiger partial charge on any atom is 0.0366 e. The van der Waals surface area contributed by atoms with Crippen molar-refractivity contribution in [3.05, 3.63) is 42.0 Å². The first-order valence-corrected chi connectivity index (χ1v) is 7.33. The van der Waals surface area contributed by atoms with Crippen LogP contribution in [0.3, 0.4) is 0 Å². The van der Waals surface area contributed by atoms with Gasteiger partial charge in [-0.2, -0.15) is 0 Å². The Hall–Kier alpha value is -1.58. The average Bonchev–Trinajstić information content (AvgIpc) is 2.42. The monoisotopic (exact) mass is 269 g/mol. The largest absolute Gasteiger partial charge is 0.398 e. The average molecular weight is 269 g/mol. The molecule has 0 amide bonds. The van der Waals surface area contributed by atoms with Crippen LogP contribution in [0.15, 0.2) is 36.4 Å². The van der Waals surface area contributed by atoms with Crippen LogP contribution in [-0.4, -0.2) is 42.5 Å². The normalized spacial score (nSPS) is 21.4. The van der Waals surface area contributed by atoms with Crippen LogP contribution in [0.2, 0.25) is 0 Å². The van der Waals surface area contributed by atoms with E-state index in [1.807, 2.05) is 0 Å². The Bertz CT molecular complexity index is 608. The molecule has 1 fully saturated rings. The van der Waals surface area contributed by atoms with Crippen LogP contribution in [0.4, 0.5) is 5.69 Å². The van der Waals surface area contributed by atoms with Crippen LogP contribution in [0.5, 0.6) is 0 Å². The second kappa shape index (κ2) is 5.43. The molecule has 0 saturated carbocycles. The molecule has 0 aliphatic carbocycles. The fourth-order valence-corrected chi connectivity index (χ4v) is 3.07. The molecule has 3 nitrogen and oxygen atoms in total. The van der Waals surface area contributed by atoms with Crippen LogP contribution in [0, 0.1) is 0 Å². The topological polar surface area (TPSA) is 32.5 Å². The van der Waals surface area contributed by atoms with Crippen molar-refractivity contribution < 1.29 is 0 Å². The lowest BCUT2D eigenvalue weighted by Crippen LogP contribution is -2.49. The number of piperazine rings is 1. The molecule has 2 aromatic rings. The zero-order valence-corrected chi connectivity index (χ0v) is 12.3. The highest BCUT2D eigenvalue weighted by atomic mass is 15.3. The smallest absolute Gasteiger partial charge is 0.0366 e. The Morgan fingerprint density at radius 2 is 1.85 bits per heavy atom. The summed E-state index contributed by atoms with van der Waals surface area (Å²) in [6.45, 7) is 6.63. The van der Waals surface area contributed by atoms with Gasteiger partial charge in [0.2, 0.25) is 0 Å². The number of anilines is 1. The summed E-state index contributed by atoms with van der Waals surface area (Å²) >= 11 is 0. The number of likely N-dealkylation sites (N-methyl/N-ethyl adjacent to an activating group) is 1. The van der Waals surface area contributed by atoms with Crippen molar-refractivity contribution in [2.24, 2.45) is 0 Å². The van der Waals surface area contributed by atoms with Crippen LogP contribution < -0.4 is 5.73 Å². The molecule has 1 aliphatic heterocycles. The number of rotatable bonds is 2. The number of nitrogens with zero attached hydrogens (tertiary/aromatic N) is 2. The summed E-state index contributed by atoms with van der Waals surface area (Å²) in [6.07, 6.45) is 0. The number of fused-ring (bicyclic) bond motifs is 1. The van der Waals surface area contributed by atoms with Gasteiger partial charge in [0, 0.05) is 37.9 Å². The lowest BCUT2D eigenvalue weighted by molar-refractivity contribution is 0.0940. The zero-order valence-electron chi connectivity index (χ0n) is 12.3. The SMILES string of the molecule is CC1CN(C)CCN1Cc1cc2ccccc2cc1N. The van der Waals surface area contributed by atoms with Crippen LogP contribution >= 0.6 is 0 Å². The molecular formula is C17H23N3. The molecule has 1 saturated heterocycles. The summed E-state index contributed by atoms with van der Waals surface area (Å²) in [5.41, 5.74) is 8.40. The van der Waals surface area contributed by atoms with Gasteiger partial charge in [-0.25, -0.2) is 0 Å². The Morgan fingerprint density at radius 1 is 1.15 bits per heavy atom. The lowest BCUT2D eigenvalue weighted by Gasteiger charge is -2.38. The molecule has 0 radical (unpaired) electrons. The number of benzene rings is 2. The van der Waals surface area contributed by atoms with Gasteiger partial charge in [-0.1, -0.05) is 24.3 Å². The van der Waals surface area contributed by atoms with Gasteiger partial charge in [0.25, 0.3) is 0 Å². The Morgan fingerprint density at radius 3 is 2.55 bits per heavy atom. The molecule has 2 aromatic carbocycles. The minimum atomic E-state index is 0.583. The fraction of sp³-hybridized carbons (Fsp3) is 0.412. The molecule has 2 N–H and O–H groups in total. The third-order valence-electron chi connectivity index (χ3n) is 4.35. The molecule has 1 aliphatic rings. The van der Waals surface area contributed by atoms with Crippen molar-refractivity contribution in [3.63, 3.8) is 0 Å². The fourth-order valence-electron chi connectivity index (χ4n) is 3.07. The Balaban J connectivity index is 1.85. The number of nitrogens with two attached hydrogens (primary N) is 1. The molecule has 3 heteroatoms. The molecule has 1 unspecified atom stereocenters. The van der Waals surface area contributed by atoms with E-state index >= 15 is 0 Å². The second-order valence-corrected chi connectivity index (χ2v) is 5.98. The van der Waals surface area contributed by atoms with E-state index in [-0.39, 0.29) is 0 Å². The van der Waals surface area contributed by atoms with Crippen LogP contribution in [-0.2, 0) is 6.54 Å². The lowest BCUT2D eigenvalue weighted by atomic mass is 10.0. The predicted molar refractivity (Wildman–Crippen MR) is 85.7 cm³/mol. The first kappa shape index (κ1) is 13.4. The molecule has 0 bridgehead atoms. The minimum Gasteiger partial charge on any atom is -0.398 e. The van der Waals surface area contributed by atoms with Gasteiger partial charge < -0.3 is 10.6 Å². The highest BCUT2D eigenvalue weighted by molar-refractivity contribution is 5.86. The highest BCUT2D eigenvalue weighted by Crippen LogP contribution is 2.24. The summed E-state index contributed by atoms with van der Waals surface area (Å²) in [4.78, 5) is 4.92. The van der Waals surface area contributed by atoms with E-state index in [1.54, 1.807) is 0 Å². The van der Waals surface area contributed by atoms with Gasteiger partial charge >= 0.3 is 0 Å². The maximum absolute atomic E-state index is 6.24. The van der Waals surface area contributed by atoms with Crippen molar-refractivity contribution in [1.82, 2.24) is 9.80 Å². The third-order valence-corrected chi connectivity index (χ3v) is 4.35. The first-order chi connectivity index (χ1) is 9.63. The van der Waals surface area contributed by atoms with E-state index in [2.05, 4.69) is 60.2 Å². The van der Waals surface area contributed by atoms with Gasteiger partial charge in [-0.15, -0.1) is 0 Å².